The summed E-state index contributed by atoms with van der Waals surface area (Å²) in [6, 6.07) is 2.80. The molecule has 1 N–H and O–H groups in total. The molecule has 0 aromatic carbocycles. The zero-order valence-electron chi connectivity index (χ0n) is 10.2. The van der Waals surface area contributed by atoms with Gasteiger partial charge in [0.25, 0.3) is 0 Å². The predicted molar refractivity (Wildman–Crippen MR) is 68.8 cm³/mol. The average molecular weight is 239 g/mol. The monoisotopic (exact) mass is 239 g/mol. The van der Waals surface area contributed by atoms with Crippen LogP contribution < -0.4 is 5.32 Å². The van der Waals surface area contributed by atoms with Gasteiger partial charge >= 0.3 is 0 Å². The van der Waals surface area contributed by atoms with Crippen molar-refractivity contribution in [1.82, 2.24) is 5.32 Å². The van der Waals surface area contributed by atoms with Crippen LogP contribution in [0.1, 0.15) is 38.7 Å². The summed E-state index contributed by atoms with van der Waals surface area (Å²) in [6.07, 6.45) is 3.37. The summed E-state index contributed by atoms with van der Waals surface area (Å²) in [5.41, 5.74) is 1.49. The van der Waals surface area contributed by atoms with E-state index in [2.05, 4.69) is 36.0 Å². The van der Waals surface area contributed by atoms with Gasteiger partial charge in [-0.25, -0.2) is 0 Å². The van der Waals surface area contributed by atoms with Gasteiger partial charge in [-0.05, 0) is 48.6 Å². The third kappa shape index (κ3) is 3.06. The van der Waals surface area contributed by atoms with Crippen LogP contribution in [0.25, 0.3) is 0 Å². The molecule has 1 aromatic heterocycles. The van der Waals surface area contributed by atoms with Gasteiger partial charge in [0.1, 0.15) is 0 Å². The lowest BCUT2D eigenvalue weighted by Gasteiger charge is -2.38. The minimum Gasteiger partial charge on any atom is -0.375 e. The molecule has 0 spiro atoms. The molecule has 3 heteroatoms. The summed E-state index contributed by atoms with van der Waals surface area (Å²) in [5, 5.41) is 7.99. The first-order valence-corrected chi connectivity index (χ1v) is 7.04. The molecule has 0 saturated carbocycles. The third-order valence-electron chi connectivity index (χ3n) is 3.52. The molecule has 2 atom stereocenters. The molecule has 0 bridgehead atoms. The fourth-order valence-electron chi connectivity index (χ4n) is 2.21. The molecule has 2 unspecified atom stereocenters. The van der Waals surface area contributed by atoms with Crippen molar-refractivity contribution in [3.05, 3.63) is 22.4 Å². The number of nitrogens with one attached hydrogen (secondary N) is 1. The van der Waals surface area contributed by atoms with Gasteiger partial charge in [-0.2, -0.15) is 11.3 Å². The van der Waals surface area contributed by atoms with Crippen molar-refractivity contribution in [3.8, 4) is 0 Å². The van der Waals surface area contributed by atoms with Gasteiger partial charge in [-0.1, -0.05) is 6.92 Å². The molecule has 2 heterocycles. The summed E-state index contributed by atoms with van der Waals surface area (Å²) >= 11 is 1.77. The second-order valence-electron chi connectivity index (χ2n) is 4.85. The summed E-state index contributed by atoms with van der Waals surface area (Å²) in [4.78, 5) is 0. The topological polar surface area (TPSA) is 21.3 Å². The minimum atomic E-state index is 0.0879. The number of hydrogen-bond acceptors (Lipinski definition) is 3. The largest absolute Gasteiger partial charge is 0.375 e. The molecule has 1 fully saturated rings. The van der Waals surface area contributed by atoms with E-state index < -0.39 is 0 Å². The summed E-state index contributed by atoms with van der Waals surface area (Å²) in [6.45, 7) is 6.33. The zero-order valence-corrected chi connectivity index (χ0v) is 11.0. The van der Waals surface area contributed by atoms with Crippen LogP contribution in [0.4, 0.5) is 0 Å². The first kappa shape index (κ1) is 12.1. The molecule has 16 heavy (non-hydrogen) atoms. The van der Waals surface area contributed by atoms with Crippen LogP contribution in [0, 0.1) is 0 Å². The molecule has 0 radical (unpaired) electrons. The van der Waals surface area contributed by atoms with E-state index in [1.54, 1.807) is 11.3 Å². The lowest BCUT2D eigenvalue weighted by Crippen LogP contribution is -2.44. The quantitative estimate of drug-likeness (QED) is 0.871. The van der Waals surface area contributed by atoms with Crippen molar-refractivity contribution in [2.45, 2.75) is 51.3 Å². The first-order valence-electron chi connectivity index (χ1n) is 6.10. The van der Waals surface area contributed by atoms with E-state index in [1.165, 1.54) is 5.56 Å². The van der Waals surface area contributed by atoms with Crippen molar-refractivity contribution in [3.63, 3.8) is 0 Å². The molecule has 2 rings (SSSR count). The highest BCUT2D eigenvalue weighted by Gasteiger charge is 2.31. The Labute approximate surface area is 102 Å². The van der Waals surface area contributed by atoms with Gasteiger partial charge in [-0.15, -0.1) is 0 Å². The maximum atomic E-state index is 5.84. The van der Waals surface area contributed by atoms with Crippen LogP contribution in [0.3, 0.4) is 0 Å². The van der Waals surface area contributed by atoms with Crippen molar-refractivity contribution in [1.29, 1.82) is 0 Å². The third-order valence-corrected chi connectivity index (χ3v) is 4.25. The number of ether oxygens (including phenoxy) is 1. The van der Waals surface area contributed by atoms with Gasteiger partial charge in [0.15, 0.2) is 0 Å². The maximum Gasteiger partial charge on any atom is 0.0666 e. The molecule has 1 aromatic rings. The van der Waals surface area contributed by atoms with Crippen molar-refractivity contribution in [2.75, 3.05) is 6.61 Å². The summed E-state index contributed by atoms with van der Waals surface area (Å²) < 4.78 is 5.84. The Balaban J connectivity index is 1.81. The van der Waals surface area contributed by atoms with E-state index in [1.807, 2.05) is 0 Å². The van der Waals surface area contributed by atoms with Gasteiger partial charge in [0.05, 0.1) is 5.60 Å². The Hall–Kier alpha value is -0.380. The Bertz CT molecular complexity index is 312. The Morgan fingerprint density at radius 3 is 3.19 bits per heavy atom. The van der Waals surface area contributed by atoms with E-state index in [4.69, 9.17) is 4.74 Å². The van der Waals surface area contributed by atoms with Crippen molar-refractivity contribution < 1.29 is 4.74 Å². The second-order valence-corrected chi connectivity index (χ2v) is 5.63. The maximum absolute atomic E-state index is 5.84. The fourth-order valence-corrected chi connectivity index (χ4v) is 2.87. The van der Waals surface area contributed by atoms with Crippen LogP contribution >= 0.6 is 11.3 Å². The molecule has 0 aliphatic carbocycles. The lowest BCUT2D eigenvalue weighted by atomic mass is 9.90. The Morgan fingerprint density at radius 2 is 2.50 bits per heavy atom. The van der Waals surface area contributed by atoms with Gasteiger partial charge in [0.2, 0.25) is 0 Å². The predicted octanol–water partition coefficient (Wildman–Crippen LogP) is 3.19. The highest BCUT2D eigenvalue weighted by Crippen LogP contribution is 2.27. The van der Waals surface area contributed by atoms with Gasteiger partial charge < -0.3 is 10.1 Å². The fraction of sp³-hybridized carbons (Fsp3) is 0.692. The first-order chi connectivity index (χ1) is 7.72. The van der Waals surface area contributed by atoms with Crippen molar-refractivity contribution >= 4 is 11.3 Å². The van der Waals surface area contributed by atoms with Gasteiger partial charge in [0, 0.05) is 19.2 Å². The Morgan fingerprint density at radius 1 is 1.62 bits per heavy atom. The van der Waals surface area contributed by atoms with Crippen LogP contribution in [-0.2, 0) is 11.3 Å². The summed E-state index contributed by atoms with van der Waals surface area (Å²) in [5.74, 6) is 0. The van der Waals surface area contributed by atoms with Crippen LogP contribution in [0.2, 0.25) is 0 Å². The second kappa shape index (κ2) is 5.30. The SMILES string of the molecule is CCC1(C)CC(NCc2ccsc2)CCO1. The van der Waals surface area contributed by atoms with Crippen LogP contribution in [-0.4, -0.2) is 18.2 Å². The molecule has 90 valence electrons. The van der Waals surface area contributed by atoms with E-state index in [0.717, 1.165) is 32.4 Å². The highest BCUT2D eigenvalue weighted by molar-refractivity contribution is 7.07. The zero-order chi connectivity index (χ0) is 11.4. The molecule has 1 saturated heterocycles. The standard InChI is InChI=1S/C13H21NOS/c1-3-13(2)8-12(4-6-15-13)14-9-11-5-7-16-10-11/h5,7,10,12,14H,3-4,6,8-9H2,1-2H3. The molecule has 1 aliphatic heterocycles. The van der Waals surface area contributed by atoms with Gasteiger partial charge in [-0.3, -0.25) is 0 Å². The lowest BCUT2D eigenvalue weighted by molar-refractivity contribution is -0.0781. The number of thiophene rings is 1. The average Bonchev–Trinajstić information content (AvgIpc) is 2.80. The molecular formula is C13H21NOS. The Kier molecular flexibility index (Phi) is 4.00. The van der Waals surface area contributed by atoms with Crippen LogP contribution in [0.5, 0.6) is 0 Å². The van der Waals surface area contributed by atoms with E-state index >= 15 is 0 Å². The van der Waals surface area contributed by atoms with E-state index in [0.29, 0.717) is 6.04 Å². The minimum absolute atomic E-state index is 0.0879. The van der Waals surface area contributed by atoms with Crippen LogP contribution in [0.15, 0.2) is 16.8 Å². The van der Waals surface area contributed by atoms with E-state index in [9.17, 15) is 0 Å². The highest BCUT2D eigenvalue weighted by atomic mass is 32.1. The van der Waals surface area contributed by atoms with E-state index in [-0.39, 0.29) is 5.60 Å². The van der Waals surface area contributed by atoms with Crippen molar-refractivity contribution in [2.24, 2.45) is 0 Å². The molecule has 2 nitrogen and oxygen atoms in total. The summed E-state index contributed by atoms with van der Waals surface area (Å²) in [7, 11) is 0. The molecular weight excluding hydrogens is 218 g/mol. The normalized spacial score (nSPS) is 30.5. The number of rotatable bonds is 4. The number of hydrogen-bond donors (Lipinski definition) is 1. The molecule has 0 amide bonds. The molecule has 1 aliphatic rings. The smallest absolute Gasteiger partial charge is 0.0666 e.